The highest BCUT2D eigenvalue weighted by atomic mass is 32.2. The molecule has 0 N–H and O–H groups in total. The van der Waals surface area contributed by atoms with Crippen molar-refractivity contribution in [2.45, 2.75) is 9.79 Å². The van der Waals surface area contributed by atoms with Gasteiger partial charge < -0.3 is 0 Å². The molecule has 23 heavy (non-hydrogen) atoms. The summed E-state index contributed by atoms with van der Waals surface area (Å²) in [7, 11) is -4.10. The number of nitro benzene ring substituents is 1. The van der Waals surface area contributed by atoms with Crippen LogP contribution in [0.2, 0.25) is 0 Å². The Kier molecular flexibility index (Phi) is 3.53. The highest BCUT2D eigenvalue weighted by Crippen LogP contribution is 2.28. The monoisotopic (exact) mass is 332 g/mol. The Labute approximate surface area is 130 Å². The van der Waals surface area contributed by atoms with Gasteiger partial charge in [0.25, 0.3) is 5.69 Å². The molecule has 0 unspecified atom stereocenters. The Balaban J connectivity index is 2.22. The summed E-state index contributed by atoms with van der Waals surface area (Å²) in [6.45, 7) is 0. The van der Waals surface area contributed by atoms with Gasteiger partial charge in [-0.3, -0.25) is 10.1 Å². The average molecular weight is 332 g/mol. The average Bonchev–Trinajstić information content (AvgIpc) is 2.53. The van der Waals surface area contributed by atoms with Crippen molar-refractivity contribution >= 4 is 26.4 Å². The molecule has 0 radical (unpaired) electrons. The van der Waals surface area contributed by atoms with E-state index in [1.165, 1.54) is 36.4 Å². The van der Waals surface area contributed by atoms with E-state index in [1.807, 2.05) is 0 Å². The molecule has 2 aromatic carbocycles. The summed E-state index contributed by atoms with van der Waals surface area (Å²) in [6.07, 6.45) is 0.997. The zero-order chi connectivity index (χ0) is 16.6. The van der Waals surface area contributed by atoms with Crippen molar-refractivity contribution in [2.75, 3.05) is 0 Å². The highest BCUT2D eigenvalue weighted by molar-refractivity contribution is 7.91. The van der Waals surface area contributed by atoms with Crippen molar-refractivity contribution < 1.29 is 17.7 Å². The summed E-state index contributed by atoms with van der Waals surface area (Å²) >= 11 is 0. The molecule has 0 saturated heterocycles. The predicted molar refractivity (Wildman–Crippen MR) is 80.2 cm³/mol. The van der Waals surface area contributed by atoms with E-state index < -0.39 is 25.5 Å². The Morgan fingerprint density at radius 2 is 1.83 bits per heavy atom. The van der Waals surface area contributed by atoms with Crippen molar-refractivity contribution in [3.8, 4) is 0 Å². The van der Waals surface area contributed by atoms with Gasteiger partial charge in [0.1, 0.15) is 16.2 Å². The van der Waals surface area contributed by atoms with Crippen LogP contribution in [0.3, 0.4) is 0 Å². The number of para-hydroxylation sites is 1. The van der Waals surface area contributed by atoms with Crippen LogP contribution in [0.25, 0.3) is 10.9 Å². The van der Waals surface area contributed by atoms with Gasteiger partial charge in [-0.2, -0.15) is 0 Å². The SMILES string of the molecule is O=[N+]([O-])c1cccc2cc(S(=O)(=O)c3ccccc3F)cnc12. The summed E-state index contributed by atoms with van der Waals surface area (Å²) < 4.78 is 38.8. The van der Waals surface area contributed by atoms with Crippen LogP contribution in [-0.4, -0.2) is 18.3 Å². The molecular formula is C15H9FN2O4S. The van der Waals surface area contributed by atoms with Crippen LogP contribution < -0.4 is 0 Å². The van der Waals surface area contributed by atoms with Crippen molar-refractivity contribution in [1.82, 2.24) is 4.98 Å². The number of aromatic nitrogens is 1. The molecule has 1 aromatic heterocycles. The van der Waals surface area contributed by atoms with Crippen LogP contribution in [0, 0.1) is 15.9 Å². The maximum Gasteiger partial charge on any atom is 0.295 e. The lowest BCUT2D eigenvalue weighted by Crippen LogP contribution is -2.05. The summed E-state index contributed by atoms with van der Waals surface area (Å²) in [6, 6.07) is 10.5. The van der Waals surface area contributed by atoms with Crippen molar-refractivity contribution in [3.63, 3.8) is 0 Å². The maximum atomic E-state index is 13.8. The Hall–Kier alpha value is -2.87. The molecule has 0 aliphatic heterocycles. The summed E-state index contributed by atoms with van der Waals surface area (Å²) in [5, 5.41) is 11.2. The number of fused-ring (bicyclic) bond motifs is 1. The van der Waals surface area contributed by atoms with Gasteiger partial charge in [0.05, 0.1) is 9.82 Å². The van der Waals surface area contributed by atoms with Crippen LogP contribution >= 0.6 is 0 Å². The second-order valence-corrected chi connectivity index (χ2v) is 6.63. The van der Waals surface area contributed by atoms with Gasteiger partial charge in [0, 0.05) is 17.6 Å². The number of nitrogens with zero attached hydrogens (tertiary/aromatic N) is 2. The van der Waals surface area contributed by atoms with Crippen LogP contribution in [0.1, 0.15) is 0 Å². The predicted octanol–water partition coefficient (Wildman–Crippen LogP) is 3.11. The van der Waals surface area contributed by atoms with Gasteiger partial charge >= 0.3 is 0 Å². The zero-order valence-electron chi connectivity index (χ0n) is 11.5. The Morgan fingerprint density at radius 3 is 2.52 bits per heavy atom. The van der Waals surface area contributed by atoms with Gasteiger partial charge in [0.2, 0.25) is 9.84 Å². The summed E-state index contributed by atoms with van der Waals surface area (Å²) in [5.74, 6) is -0.869. The van der Waals surface area contributed by atoms with E-state index in [0.29, 0.717) is 0 Å². The summed E-state index contributed by atoms with van der Waals surface area (Å²) in [4.78, 5) is 13.6. The van der Waals surface area contributed by atoms with Gasteiger partial charge in [-0.15, -0.1) is 0 Å². The molecule has 0 aliphatic rings. The lowest BCUT2D eigenvalue weighted by molar-refractivity contribution is -0.383. The van der Waals surface area contributed by atoms with E-state index >= 15 is 0 Å². The van der Waals surface area contributed by atoms with Crippen molar-refractivity contribution in [1.29, 1.82) is 0 Å². The van der Waals surface area contributed by atoms with E-state index in [9.17, 15) is 22.9 Å². The molecule has 0 atom stereocenters. The van der Waals surface area contributed by atoms with E-state index in [2.05, 4.69) is 4.98 Å². The Morgan fingerprint density at radius 1 is 1.09 bits per heavy atom. The first kappa shape index (κ1) is 15.0. The van der Waals surface area contributed by atoms with Crippen LogP contribution in [0.15, 0.2) is 64.5 Å². The van der Waals surface area contributed by atoms with Crippen LogP contribution in [0.5, 0.6) is 0 Å². The third-order valence-electron chi connectivity index (χ3n) is 3.30. The molecule has 8 heteroatoms. The number of non-ortho nitro benzene ring substituents is 1. The molecule has 0 bridgehead atoms. The molecule has 0 saturated carbocycles. The summed E-state index contributed by atoms with van der Waals surface area (Å²) in [5.41, 5.74) is -0.151. The fraction of sp³-hybridized carbons (Fsp3) is 0. The molecule has 0 fully saturated rings. The number of hydrogen-bond acceptors (Lipinski definition) is 5. The third-order valence-corrected chi connectivity index (χ3v) is 5.05. The number of halogens is 1. The number of benzene rings is 2. The normalized spacial score (nSPS) is 11.5. The number of nitro groups is 1. The molecular weight excluding hydrogens is 323 g/mol. The lowest BCUT2D eigenvalue weighted by atomic mass is 10.2. The van der Waals surface area contributed by atoms with Gasteiger partial charge in [0.15, 0.2) is 0 Å². The minimum Gasteiger partial charge on any atom is -0.258 e. The molecule has 6 nitrogen and oxygen atoms in total. The van der Waals surface area contributed by atoms with Gasteiger partial charge in [-0.25, -0.2) is 17.8 Å². The zero-order valence-corrected chi connectivity index (χ0v) is 12.3. The van der Waals surface area contributed by atoms with E-state index in [1.54, 1.807) is 0 Å². The smallest absolute Gasteiger partial charge is 0.258 e. The highest BCUT2D eigenvalue weighted by Gasteiger charge is 2.23. The number of sulfone groups is 1. The first-order valence-electron chi connectivity index (χ1n) is 6.44. The topological polar surface area (TPSA) is 90.2 Å². The number of hydrogen-bond donors (Lipinski definition) is 0. The fourth-order valence-corrected chi connectivity index (χ4v) is 3.52. The maximum absolute atomic E-state index is 13.8. The molecule has 0 aliphatic carbocycles. The Bertz CT molecular complexity index is 1030. The fourth-order valence-electron chi connectivity index (χ4n) is 2.21. The quantitative estimate of drug-likeness (QED) is 0.543. The lowest BCUT2D eigenvalue weighted by Gasteiger charge is -2.06. The second kappa shape index (κ2) is 5.40. The van der Waals surface area contributed by atoms with E-state index in [-0.39, 0.29) is 21.5 Å². The van der Waals surface area contributed by atoms with E-state index in [0.717, 1.165) is 18.3 Å². The number of pyridine rings is 1. The second-order valence-electron chi connectivity index (χ2n) is 4.71. The minimum atomic E-state index is -4.10. The molecule has 0 spiro atoms. The number of rotatable bonds is 3. The van der Waals surface area contributed by atoms with Crippen LogP contribution in [0.4, 0.5) is 10.1 Å². The van der Waals surface area contributed by atoms with E-state index in [4.69, 9.17) is 0 Å². The largest absolute Gasteiger partial charge is 0.295 e. The standard InChI is InChI=1S/C15H9FN2O4S/c16-12-5-1-2-7-14(12)23(21,22)11-8-10-4-3-6-13(18(19)20)15(10)17-9-11/h1-9H. The van der Waals surface area contributed by atoms with Crippen molar-refractivity contribution in [2.24, 2.45) is 0 Å². The van der Waals surface area contributed by atoms with Gasteiger partial charge in [-0.05, 0) is 18.2 Å². The van der Waals surface area contributed by atoms with Crippen molar-refractivity contribution in [3.05, 3.63) is 70.7 Å². The minimum absolute atomic E-state index is 0.0741. The molecule has 1 heterocycles. The molecule has 3 aromatic rings. The first-order valence-corrected chi connectivity index (χ1v) is 7.92. The molecule has 116 valence electrons. The first-order chi connectivity index (χ1) is 10.9. The molecule has 0 amide bonds. The third kappa shape index (κ3) is 2.53. The van der Waals surface area contributed by atoms with Crippen LogP contribution in [-0.2, 0) is 9.84 Å². The van der Waals surface area contributed by atoms with Gasteiger partial charge in [-0.1, -0.05) is 24.3 Å². The molecule has 3 rings (SSSR count).